The van der Waals surface area contributed by atoms with Crippen LogP contribution in [0, 0.1) is 0 Å². The SMILES string of the molecule is CCCOc1ccccc1C(=O)C1CSc2ccccc21. The van der Waals surface area contributed by atoms with Crippen molar-refractivity contribution in [1.29, 1.82) is 0 Å². The fraction of sp³-hybridized carbons (Fsp3) is 0.278. The summed E-state index contributed by atoms with van der Waals surface area (Å²) in [6, 6.07) is 15.8. The van der Waals surface area contributed by atoms with E-state index in [0.717, 1.165) is 17.7 Å². The zero-order chi connectivity index (χ0) is 14.7. The van der Waals surface area contributed by atoms with Crippen LogP contribution in [0.4, 0.5) is 0 Å². The molecule has 2 nitrogen and oxygen atoms in total. The zero-order valence-electron chi connectivity index (χ0n) is 12.0. The number of fused-ring (bicyclic) bond motifs is 1. The minimum absolute atomic E-state index is 0.0578. The molecule has 0 N–H and O–H groups in total. The van der Waals surface area contributed by atoms with Gasteiger partial charge in [-0.1, -0.05) is 37.3 Å². The monoisotopic (exact) mass is 298 g/mol. The molecule has 108 valence electrons. The molecule has 0 radical (unpaired) electrons. The van der Waals surface area contributed by atoms with Crippen molar-refractivity contribution in [2.24, 2.45) is 0 Å². The molecule has 0 saturated heterocycles. The van der Waals surface area contributed by atoms with Crippen LogP contribution in [0.2, 0.25) is 0 Å². The number of para-hydroxylation sites is 1. The number of carbonyl (C=O) groups is 1. The van der Waals surface area contributed by atoms with Gasteiger partial charge in [-0.05, 0) is 30.2 Å². The highest BCUT2D eigenvalue weighted by molar-refractivity contribution is 7.99. The van der Waals surface area contributed by atoms with Crippen molar-refractivity contribution in [3.05, 3.63) is 59.7 Å². The lowest BCUT2D eigenvalue weighted by Gasteiger charge is -2.14. The van der Waals surface area contributed by atoms with Crippen molar-refractivity contribution in [3.63, 3.8) is 0 Å². The maximum absolute atomic E-state index is 12.9. The predicted molar refractivity (Wildman–Crippen MR) is 86.5 cm³/mol. The van der Waals surface area contributed by atoms with E-state index in [2.05, 4.69) is 19.1 Å². The first-order chi connectivity index (χ1) is 10.3. The van der Waals surface area contributed by atoms with Gasteiger partial charge in [-0.3, -0.25) is 4.79 Å². The molecular formula is C18H18O2S. The highest BCUT2D eigenvalue weighted by atomic mass is 32.2. The van der Waals surface area contributed by atoms with Gasteiger partial charge in [0.25, 0.3) is 0 Å². The molecule has 1 aliphatic heterocycles. The normalized spacial score (nSPS) is 16.5. The molecule has 1 unspecified atom stereocenters. The van der Waals surface area contributed by atoms with Crippen molar-refractivity contribution in [1.82, 2.24) is 0 Å². The second kappa shape index (κ2) is 6.35. The third-order valence-corrected chi connectivity index (χ3v) is 4.81. The molecule has 0 saturated carbocycles. The Kier molecular flexibility index (Phi) is 4.30. The molecular weight excluding hydrogens is 280 g/mol. The summed E-state index contributed by atoms with van der Waals surface area (Å²) in [4.78, 5) is 14.1. The van der Waals surface area contributed by atoms with E-state index >= 15 is 0 Å². The Morgan fingerprint density at radius 3 is 2.81 bits per heavy atom. The maximum atomic E-state index is 12.9. The molecule has 2 aromatic carbocycles. The van der Waals surface area contributed by atoms with Crippen LogP contribution in [-0.2, 0) is 0 Å². The van der Waals surface area contributed by atoms with Crippen molar-refractivity contribution in [2.45, 2.75) is 24.2 Å². The smallest absolute Gasteiger partial charge is 0.174 e. The maximum Gasteiger partial charge on any atom is 0.174 e. The zero-order valence-corrected chi connectivity index (χ0v) is 12.9. The molecule has 21 heavy (non-hydrogen) atoms. The second-order valence-corrected chi connectivity index (χ2v) is 6.17. The van der Waals surface area contributed by atoms with Crippen LogP contribution in [0.15, 0.2) is 53.4 Å². The topological polar surface area (TPSA) is 26.3 Å². The first-order valence-electron chi connectivity index (χ1n) is 7.29. The quantitative estimate of drug-likeness (QED) is 0.758. The van der Waals surface area contributed by atoms with Gasteiger partial charge in [0.1, 0.15) is 5.75 Å². The first-order valence-corrected chi connectivity index (χ1v) is 8.27. The van der Waals surface area contributed by atoms with E-state index in [1.165, 1.54) is 4.90 Å². The summed E-state index contributed by atoms with van der Waals surface area (Å²) in [5.74, 6) is 1.63. The van der Waals surface area contributed by atoms with Crippen molar-refractivity contribution in [3.8, 4) is 5.75 Å². The fourth-order valence-electron chi connectivity index (χ4n) is 2.58. The molecule has 0 fully saturated rings. The van der Waals surface area contributed by atoms with Crippen molar-refractivity contribution >= 4 is 17.5 Å². The average Bonchev–Trinajstić information content (AvgIpc) is 2.96. The predicted octanol–water partition coefficient (Wildman–Crippen LogP) is 4.55. The number of Topliss-reactive ketones (excluding diaryl/α,β-unsaturated/α-hetero) is 1. The summed E-state index contributed by atoms with van der Waals surface area (Å²) in [7, 11) is 0. The lowest BCUT2D eigenvalue weighted by molar-refractivity contribution is 0.0964. The van der Waals surface area contributed by atoms with Gasteiger partial charge in [-0.2, -0.15) is 0 Å². The number of thioether (sulfide) groups is 1. The molecule has 3 heteroatoms. The van der Waals surface area contributed by atoms with E-state index in [4.69, 9.17) is 4.74 Å². The fourth-order valence-corrected chi connectivity index (χ4v) is 3.80. The lowest BCUT2D eigenvalue weighted by atomic mass is 9.92. The van der Waals surface area contributed by atoms with Crippen LogP contribution in [0.3, 0.4) is 0 Å². The summed E-state index contributed by atoms with van der Waals surface area (Å²) in [6.07, 6.45) is 0.935. The number of carbonyl (C=O) groups excluding carboxylic acids is 1. The highest BCUT2D eigenvalue weighted by Crippen LogP contribution is 2.41. The molecule has 0 spiro atoms. The number of ketones is 1. The summed E-state index contributed by atoms with van der Waals surface area (Å²) in [5.41, 5.74) is 1.85. The van der Waals surface area contributed by atoms with Gasteiger partial charge >= 0.3 is 0 Å². The number of hydrogen-bond donors (Lipinski definition) is 0. The van der Waals surface area contributed by atoms with Gasteiger partial charge < -0.3 is 4.74 Å². The van der Waals surface area contributed by atoms with Gasteiger partial charge in [0.2, 0.25) is 0 Å². The number of hydrogen-bond acceptors (Lipinski definition) is 3. The van der Waals surface area contributed by atoms with Crippen molar-refractivity contribution < 1.29 is 9.53 Å². The van der Waals surface area contributed by atoms with Crippen LogP contribution in [0.5, 0.6) is 5.75 Å². The number of benzene rings is 2. The van der Waals surface area contributed by atoms with Crippen molar-refractivity contribution in [2.75, 3.05) is 12.4 Å². The third-order valence-electron chi connectivity index (χ3n) is 3.63. The van der Waals surface area contributed by atoms with Gasteiger partial charge in [-0.15, -0.1) is 11.8 Å². The van der Waals surface area contributed by atoms with Gasteiger partial charge in [0.15, 0.2) is 5.78 Å². The highest BCUT2D eigenvalue weighted by Gasteiger charge is 2.30. The van der Waals surface area contributed by atoms with E-state index in [-0.39, 0.29) is 11.7 Å². The largest absolute Gasteiger partial charge is 0.493 e. The van der Waals surface area contributed by atoms with Crippen LogP contribution >= 0.6 is 11.8 Å². The lowest BCUT2D eigenvalue weighted by Crippen LogP contribution is -2.14. The Morgan fingerprint density at radius 1 is 1.19 bits per heavy atom. The molecule has 2 aromatic rings. The van der Waals surface area contributed by atoms with E-state index in [0.29, 0.717) is 17.9 Å². The molecule has 1 atom stereocenters. The summed E-state index contributed by atoms with van der Waals surface area (Å²) in [6.45, 7) is 2.70. The number of ether oxygens (including phenoxy) is 1. The standard InChI is InChI=1S/C18H18O2S/c1-2-11-20-16-9-5-3-8-14(16)18(19)15-12-21-17-10-6-4-7-13(15)17/h3-10,15H,2,11-12H2,1H3. The molecule has 3 rings (SSSR count). The Labute approximate surface area is 129 Å². The van der Waals surface area contributed by atoms with Gasteiger partial charge in [0.05, 0.1) is 18.1 Å². The molecule has 0 aromatic heterocycles. The van der Waals surface area contributed by atoms with E-state index < -0.39 is 0 Å². The van der Waals surface area contributed by atoms with E-state index in [1.807, 2.05) is 36.4 Å². The molecule has 1 heterocycles. The van der Waals surface area contributed by atoms with Crippen LogP contribution in [0.25, 0.3) is 0 Å². The minimum Gasteiger partial charge on any atom is -0.493 e. The minimum atomic E-state index is -0.0578. The van der Waals surface area contributed by atoms with E-state index in [1.54, 1.807) is 11.8 Å². The first kappa shape index (κ1) is 14.2. The molecule has 1 aliphatic rings. The Hall–Kier alpha value is -1.74. The average molecular weight is 298 g/mol. The van der Waals surface area contributed by atoms with E-state index in [9.17, 15) is 4.79 Å². The third kappa shape index (κ3) is 2.84. The summed E-state index contributed by atoms with van der Waals surface area (Å²) < 4.78 is 5.73. The Bertz CT molecular complexity index is 651. The van der Waals surface area contributed by atoms with Crippen LogP contribution in [-0.4, -0.2) is 18.1 Å². The number of rotatable bonds is 5. The van der Waals surface area contributed by atoms with Gasteiger partial charge in [-0.25, -0.2) is 0 Å². The van der Waals surface area contributed by atoms with Crippen LogP contribution < -0.4 is 4.74 Å². The molecule has 0 bridgehead atoms. The van der Waals surface area contributed by atoms with Crippen LogP contribution in [0.1, 0.15) is 35.2 Å². The summed E-state index contributed by atoms with van der Waals surface area (Å²) >= 11 is 1.76. The molecule has 0 aliphatic carbocycles. The molecule has 0 amide bonds. The second-order valence-electron chi connectivity index (χ2n) is 5.11. The summed E-state index contributed by atoms with van der Waals surface area (Å²) in [5, 5.41) is 0. The Balaban J connectivity index is 1.90. The Morgan fingerprint density at radius 2 is 1.95 bits per heavy atom. The van der Waals surface area contributed by atoms with Gasteiger partial charge in [0, 0.05) is 10.6 Å².